The molecule has 1 aliphatic heterocycles. The number of carbonyl (C=O) groups is 2. The highest BCUT2D eigenvalue weighted by molar-refractivity contribution is 6.13. The summed E-state index contributed by atoms with van der Waals surface area (Å²) in [6.07, 6.45) is 0. The van der Waals surface area contributed by atoms with E-state index in [1.807, 2.05) is 6.07 Å². The van der Waals surface area contributed by atoms with Gasteiger partial charge in [-0.25, -0.2) is 0 Å². The fraction of sp³-hybridized carbons (Fsp3) is 0.273. The maximum absolute atomic E-state index is 11.9. The molecule has 0 aliphatic carbocycles. The topological polar surface area (TPSA) is 58.2 Å². The predicted octanol–water partition coefficient (Wildman–Crippen LogP) is -0.0427. The van der Waals surface area contributed by atoms with Crippen LogP contribution < -0.4 is 10.6 Å². The van der Waals surface area contributed by atoms with Crippen LogP contribution in [-0.4, -0.2) is 30.8 Å². The highest BCUT2D eigenvalue weighted by Gasteiger charge is 2.28. The van der Waals surface area contributed by atoms with Gasteiger partial charge < -0.3 is 5.32 Å². The second kappa shape index (κ2) is 4.23. The van der Waals surface area contributed by atoms with Gasteiger partial charge in [0, 0.05) is 18.7 Å². The second-order valence-electron chi connectivity index (χ2n) is 3.41. The Labute approximate surface area is 87.7 Å². The lowest BCUT2D eigenvalue weighted by atomic mass is 10.0. The molecule has 2 rings (SSSR count). The Kier molecular flexibility index (Phi) is 2.78. The first-order valence-electron chi connectivity index (χ1n) is 4.89. The highest BCUT2D eigenvalue weighted by Crippen LogP contribution is 2.04. The van der Waals surface area contributed by atoms with Crippen molar-refractivity contribution in [3.8, 4) is 0 Å². The van der Waals surface area contributed by atoms with Crippen molar-refractivity contribution in [2.24, 2.45) is 0 Å². The molecule has 1 aromatic carbocycles. The molecule has 78 valence electrons. The van der Waals surface area contributed by atoms with Crippen molar-refractivity contribution >= 4 is 11.7 Å². The lowest BCUT2D eigenvalue weighted by Crippen LogP contribution is -2.56. The zero-order valence-corrected chi connectivity index (χ0v) is 8.19. The molecular weight excluding hydrogens is 192 g/mol. The van der Waals surface area contributed by atoms with E-state index >= 15 is 0 Å². The normalized spacial score (nSPS) is 20.8. The fourth-order valence-corrected chi connectivity index (χ4v) is 1.58. The number of hydrogen-bond donors (Lipinski definition) is 2. The molecule has 0 saturated carbocycles. The number of nitrogens with one attached hydrogen (secondary N) is 2. The Hall–Kier alpha value is -1.68. The van der Waals surface area contributed by atoms with Crippen LogP contribution in [0.2, 0.25) is 0 Å². The number of ketones is 1. The molecule has 1 fully saturated rings. The Morgan fingerprint density at radius 3 is 2.60 bits per heavy atom. The van der Waals surface area contributed by atoms with Crippen molar-refractivity contribution in [3.63, 3.8) is 0 Å². The van der Waals surface area contributed by atoms with Gasteiger partial charge in [0.15, 0.2) is 11.8 Å². The minimum Gasteiger partial charge on any atom is -0.353 e. The van der Waals surface area contributed by atoms with Crippen LogP contribution in [0.15, 0.2) is 30.3 Å². The quantitative estimate of drug-likeness (QED) is 0.525. The van der Waals surface area contributed by atoms with Gasteiger partial charge in [-0.1, -0.05) is 30.3 Å². The van der Waals surface area contributed by atoms with Crippen LogP contribution in [0.4, 0.5) is 0 Å². The number of rotatable bonds is 2. The van der Waals surface area contributed by atoms with Crippen molar-refractivity contribution in [2.45, 2.75) is 6.04 Å². The molecule has 1 saturated heterocycles. The van der Waals surface area contributed by atoms with Gasteiger partial charge in [-0.3, -0.25) is 14.9 Å². The maximum atomic E-state index is 11.9. The van der Waals surface area contributed by atoms with Gasteiger partial charge in [0.05, 0.1) is 0 Å². The summed E-state index contributed by atoms with van der Waals surface area (Å²) in [6, 6.07) is 8.10. The number of Topliss-reactive ketones (excluding diaryl/α,β-unsaturated/α-hetero) is 1. The van der Waals surface area contributed by atoms with Crippen molar-refractivity contribution in [1.82, 2.24) is 10.6 Å². The van der Waals surface area contributed by atoms with E-state index in [2.05, 4.69) is 10.6 Å². The molecule has 1 heterocycles. The summed E-state index contributed by atoms with van der Waals surface area (Å²) in [5.41, 5.74) is 0.562. The van der Waals surface area contributed by atoms with Crippen molar-refractivity contribution in [1.29, 1.82) is 0 Å². The lowest BCUT2D eigenvalue weighted by Gasteiger charge is -2.22. The summed E-state index contributed by atoms with van der Waals surface area (Å²) < 4.78 is 0. The predicted molar refractivity (Wildman–Crippen MR) is 55.6 cm³/mol. The van der Waals surface area contributed by atoms with Crippen LogP contribution in [0.5, 0.6) is 0 Å². The van der Waals surface area contributed by atoms with Gasteiger partial charge in [-0.05, 0) is 0 Å². The summed E-state index contributed by atoms with van der Waals surface area (Å²) in [4.78, 5) is 23.3. The van der Waals surface area contributed by atoms with E-state index in [0.717, 1.165) is 0 Å². The summed E-state index contributed by atoms with van der Waals surface area (Å²) >= 11 is 0. The summed E-state index contributed by atoms with van der Waals surface area (Å²) in [5, 5.41) is 5.57. The van der Waals surface area contributed by atoms with Crippen molar-refractivity contribution < 1.29 is 9.59 Å². The van der Waals surface area contributed by atoms with Crippen LogP contribution in [0.25, 0.3) is 0 Å². The molecule has 0 bridgehead atoms. The third-order valence-electron chi connectivity index (χ3n) is 2.36. The van der Waals surface area contributed by atoms with Crippen molar-refractivity contribution in [3.05, 3.63) is 35.9 Å². The van der Waals surface area contributed by atoms with Crippen LogP contribution in [-0.2, 0) is 4.79 Å². The SMILES string of the molecule is O=C1NCCNC1C(=O)c1ccccc1. The molecule has 4 nitrogen and oxygen atoms in total. The standard InChI is InChI=1S/C11H12N2O2/c14-10(8-4-2-1-3-5-8)9-11(15)13-7-6-12-9/h1-5,9,12H,6-7H2,(H,13,15). The lowest BCUT2D eigenvalue weighted by molar-refractivity contribution is -0.123. The number of carbonyl (C=O) groups excluding carboxylic acids is 2. The van der Waals surface area contributed by atoms with Gasteiger partial charge in [0.25, 0.3) is 0 Å². The van der Waals surface area contributed by atoms with E-state index < -0.39 is 6.04 Å². The molecule has 1 aliphatic rings. The average molecular weight is 204 g/mol. The van der Waals surface area contributed by atoms with E-state index in [0.29, 0.717) is 18.7 Å². The largest absolute Gasteiger partial charge is 0.353 e. The molecule has 0 radical (unpaired) electrons. The monoisotopic (exact) mass is 204 g/mol. The van der Waals surface area contributed by atoms with Gasteiger partial charge >= 0.3 is 0 Å². The number of hydrogen-bond acceptors (Lipinski definition) is 3. The van der Waals surface area contributed by atoms with Gasteiger partial charge in [-0.2, -0.15) is 0 Å². The highest BCUT2D eigenvalue weighted by atomic mass is 16.2. The molecule has 1 atom stereocenters. The van der Waals surface area contributed by atoms with Gasteiger partial charge in [-0.15, -0.1) is 0 Å². The van der Waals surface area contributed by atoms with Crippen LogP contribution >= 0.6 is 0 Å². The Morgan fingerprint density at radius 2 is 1.93 bits per heavy atom. The average Bonchev–Trinajstić information content (AvgIpc) is 2.30. The first kappa shape index (κ1) is 9.86. The van der Waals surface area contributed by atoms with Crippen LogP contribution in [0.1, 0.15) is 10.4 Å². The fourth-order valence-electron chi connectivity index (χ4n) is 1.58. The summed E-state index contributed by atoms with van der Waals surface area (Å²) in [7, 11) is 0. The van der Waals surface area contributed by atoms with Crippen molar-refractivity contribution in [2.75, 3.05) is 13.1 Å². The smallest absolute Gasteiger partial charge is 0.245 e. The second-order valence-corrected chi connectivity index (χ2v) is 3.41. The zero-order valence-electron chi connectivity index (χ0n) is 8.19. The van der Waals surface area contributed by atoms with E-state index in [1.54, 1.807) is 24.3 Å². The molecule has 15 heavy (non-hydrogen) atoms. The molecule has 2 N–H and O–H groups in total. The third kappa shape index (κ3) is 2.05. The minimum atomic E-state index is -0.735. The van der Waals surface area contributed by atoms with Gasteiger partial charge in [0.2, 0.25) is 5.91 Å². The van der Waals surface area contributed by atoms with E-state index in [1.165, 1.54) is 0 Å². The molecular formula is C11H12N2O2. The maximum Gasteiger partial charge on any atom is 0.245 e. The van der Waals surface area contributed by atoms with E-state index in [-0.39, 0.29) is 11.7 Å². The zero-order chi connectivity index (χ0) is 10.7. The van der Waals surface area contributed by atoms with Crippen LogP contribution in [0.3, 0.4) is 0 Å². The number of amides is 1. The number of piperazine rings is 1. The Bertz CT molecular complexity index is 375. The van der Waals surface area contributed by atoms with E-state index in [9.17, 15) is 9.59 Å². The summed E-state index contributed by atoms with van der Waals surface area (Å²) in [5.74, 6) is -0.414. The summed E-state index contributed by atoms with van der Waals surface area (Å²) in [6.45, 7) is 1.21. The molecule has 4 heteroatoms. The molecule has 1 amide bonds. The Morgan fingerprint density at radius 1 is 1.20 bits per heavy atom. The minimum absolute atomic E-state index is 0.173. The first-order valence-corrected chi connectivity index (χ1v) is 4.89. The molecule has 1 unspecified atom stereocenters. The third-order valence-corrected chi connectivity index (χ3v) is 2.36. The van der Waals surface area contributed by atoms with Gasteiger partial charge in [0.1, 0.15) is 0 Å². The van der Waals surface area contributed by atoms with Crippen LogP contribution in [0, 0.1) is 0 Å². The first-order chi connectivity index (χ1) is 7.29. The molecule has 1 aromatic rings. The van der Waals surface area contributed by atoms with E-state index in [4.69, 9.17) is 0 Å². The number of benzene rings is 1. The molecule has 0 aromatic heterocycles. The Balaban J connectivity index is 2.17. The molecule has 0 spiro atoms.